The monoisotopic (exact) mass is 452 g/mol. The maximum absolute atomic E-state index is 12.6. The van der Waals surface area contributed by atoms with Crippen molar-refractivity contribution in [1.29, 1.82) is 0 Å². The van der Waals surface area contributed by atoms with Crippen LogP contribution in [0.1, 0.15) is 41.3 Å². The van der Waals surface area contributed by atoms with E-state index in [0.29, 0.717) is 37.1 Å². The van der Waals surface area contributed by atoms with Crippen LogP contribution in [0.5, 0.6) is 5.88 Å². The Morgan fingerprint density at radius 3 is 2.52 bits per heavy atom. The average molecular weight is 453 g/mol. The zero-order valence-electron chi connectivity index (χ0n) is 19.0. The van der Waals surface area contributed by atoms with Crippen LogP contribution in [0.25, 0.3) is 0 Å². The summed E-state index contributed by atoms with van der Waals surface area (Å²) < 4.78 is 5.93. The number of pyridine rings is 1. The van der Waals surface area contributed by atoms with E-state index in [0.717, 1.165) is 25.7 Å². The van der Waals surface area contributed by atoms with Crippen molar-refractivity contribution in [3.63, 3.8) is 0 Å². The molecule has 1 aliphatic carbocycles. The molecule has 3 N–H and O–H groups in total. The van der Waals surface area contributed by atoms with Gasteiger partial charge in [0.2, 0.25) is 11.8 Å². The average Bonchev–Trinajstić information content (AvgIpc) is 3.25. The summed E-state index contributed by atoms with van der Waals surface area (Å²) in [4.78, 5) is 30.0. The van der Waals surface area contributed by atoms with Crippen molar-refractivity contribution in [1.82, 2.24) is 20.5 Å². The highest BCUT2D eigenvalue weighted by molar-refractivity contribution is 5.94. The van der Waals surface area contributed by atoms with E-state index in [2.05, 4.69) is 39.9 Å². The van der Waals surface area contributed by atoms with Gasteiger partial charge in [-0.15, -0.1) is 0 Å². The number of carbonyl (C=O) groups is 2. The minimum atomic E-state index is -0.679. The molecule has 0 spiro atoms. The van der Waals surface area contributed by atoms with Crippen molar-refractivity contribution in [3.8, 4) is 5.88 Å². The maximum atomic E-state index is 12.6. The second-order valence-corrected chi connectivity index (χ2v) is 8.85. The normalized spacial score (nSPS) is 17.5. The molecule has 4 rings (SSSR count). The molecule has 1 aromatic carbocycles. The Kier molecular flexibility index (Phi) is 7.57. The number of carbonyl (C=O) groups excluding carboxylic acids is 2. The Morgan fingerprint density at radius 1 is 1.15 bits per heavy atom. The molecule has 2 aromatic rings. The molecule has 0 saturated carbocycles. The predicted molar refractivity (Wildman–Crippen MR) is 124 cm³/mol. The van der Waals surface area contributed by atoms with Gasteiger partial charge in [0, 0.05) is 69.8 Å². The number of nitrogens with one attached hydrogen (secondary N) is 2. The number of fused-ring (bicyclic) bond motifs is 1. The number of piperidine rings is 1. The van der Waals surface area contributed by atoms with Crippen molar-refractivity contribution < 1.29 is 19.4 Å². The van der Waals surface area contributed by atoms with Gasteiger partial charge in [0.15, 0.2) is 0 Å². The molecular weight excluding hydrogens is 420 g/mol. The molecule has 1 atom stereocenters. The molecule has 0 bridgehead atoms. The van der Waals surface area contributed by atoms with E-state index in [4.69, 9.17) is 4.74 Å². The topological polar surface area (TPSA) is 104 Å². The minimum absolute atomic E-state index is 0.0268. The Balaban J connectivity index is 1.19. The summed E-state index contributed by atoms with van der Waals surface area (Å²) in [6.45, 7) is 3.49. The highest BCUT2D eigenvalue weighted by Crippen LogP contribution is 2.21. The number of benzene rings is 1. The van der Waals surface area contributed by atoms with E-state index in [1.165, 1.54) is 11.1 Å². The zero-order valence-corrected chi connectivity index (χ0v) is 19.0. The van der Waals surface area contributed by atoms with Gasteiger partial charge in [-0.05, 0) is 30.0 Å². The summed E-state index contributed by atoms with van der Waals surface area (Å²) in [5.74, 6) is 0.198. The number of amides is 2. The molecule has 8 heteroatoms. The summed E-state index contributed by atoms with van der Waals surface area (Å²) in [5.41, 5.74) is 3.16. The molecule has 1 aromatic heterocycles. The third kappa shape index (κ3) is 6.30. The van der Waals surface area contributed by atoms with Gasteiger partial charge in [-0.2, -0.15) is 0 Å². The fourth-order valence-electron chi connectivity index (χ4n) is 4.47. The standard InChI is InChI=1S/C25H32N4O4/c1-17(30)29-10-7-23(8-11-29)33-24-14-20(6-9-26-24)25(32)28-16-22(31)15-27-21-12-18-4-2-3-5-19(18)13-21/h2-6,9,14,21-23,27,31H,7-8,10-13,15-16H2,1H3,(H,28,32). The first kappa shape index (κ1) is 23.2. The molecule has 0 radical (unpaired) electrons. The Bertz CT molecular complexity index is 949. The number of rotatable bonds is 8. The van der Waals surface area contributed by atoms with Crippen LogP contribution in [0, 0.1) is 0 Å². The van der Waals surface area contributed by atoms with E-state index in [1.807, 2.05) is 4.90 Å². The lowest BCUT2D eigenvalue weighted by Crippen LogP contribution is -2.42. The second-order valence-electron chi connectivity index (χ2n) is 8.85. The van der Waals surface area contributed by atoms with Crippen LogP contribution < -0.4 is 15.4 Å². The minimum Gasteiger partial charge on any atom is -0.474 e. The van der Waals surface area contributed by atoms with E-state index in [9.17, 15) is 14.7 Å². The van der Waals surface area contributed by atoms with Crippen LogP contribution >= 0.6 is 0 Å². The molecule has 8 nitrogen and oxygen atoms in total. The van der Waals surface area contributed by atoms with E-state index < -0.39 is 6.10 Å². The Hall–Kier alpha value is -2.97. The van der Waals surface area contributed by atoms with Crippen molar-refractivity contribution in [2.75, 3.05) is 26.2 Å². The first-order chi connectivity index (χ1) is 16.0. The molecule has 1 fully saturated rings. The van der Waals surface area contributed by atoms with Crippen molar-refractivity contribution in [3.05, 3.63) is 59.3 Å². The third-order valence-electron chi connectivity index (χ3n) is 6.36. The molecule has 2 heterocycles. The molecule has 33 heavy (non-hydrogen) atoms. The lowest BCUT2D eigenvalue weighted by Gasteiger charge is -2.31. The van der Waals surface area contributed by atoms with Gasteiger partial charge in [0.1, 0.15) is 6.10 Å². The second kappa shape index (κ2) is 10.8. The number of hydrogen-bond donors (Lipinski definition) is 3. The van der Waals surface area contributed by atoms with E-state index >= 15 is 0 Å². The highest BCUT2D eigenvalue weighted by atomic mass is 16.5. The fourth-order valence-corrected chi connectivity index (χ4v) is 4.47. The number of aliphatic hydroxyl groups is 1. The highest BCUT2D eigenvalue weighted by Gasteiger charge is 2.23. The number of aliphatic hydroxyl groups excluding tert-OH is 1. The van der Waals surface area contributed by atoms with Gasteiger partial charge in [-0.25, -0.2) is 4.98 Å². The molecule has 2 aliphatic rings. The van der Waals surface area contributed by atoms with Crippen LogP contribution in [0.15, 0.2) is 42.6 Å². The van der Waals surface area contributed by atoms with E-state index in [-0.39, 0.29) is 24.5 Å². The number of hydrogen-bond acceptors (Lipinski definition) is 6. The number of aromatic nitrogens is 1. The molecule has 176 valence electrons. The van der Waals surface area contributed by atoms with Gasteiger partial charge < -0.3 is 25.4 Å². The van der Waals surface area contributed by atoms with Crippen molar-refractivity contribution in [2.45, 2.75) is 50.9 Å². The van der Waals surface area contributed by atoms with Crippen molar-refractivity contribution >= 4 is 11.8 Å². The van der Waals surface area contributed by atoms with Crippen LogP contribution in [0.4, 0.5) is 0 Å². The van der Waals surface area contributed by atoms with Gasteiger partial charge in [-0.1, -0.05) is 24.3 Å². The molecule has 1 aliphatic heterocycles. The van der Waals surface area contributed by atoms with Crippen LogP contribution in [0.2, 0.25) is 0 Å². The maximum Gasteiger partial charge on any atom is 0.251 e. The van der Waals surface area contributed by atoms with Crippen LogP contribution in [-0.4, -0.2) is 71.2 Å². The summed E-state index contributed by atoms with van der Waals surface area (Å²) in [5, 5.41) is 16.5. The molecule has 2 amide bonds. The van der Waals surface area contributed by atoms with Crippen LogP contribution in [-0.2, 0) is 17.6 Å². The number of ether oxygens (including phenoxy) is 1. The SMILES string of the molecule is CC(=O)N1CCC(Oc2cc(C(=O)NCC(O)CNC3Cc4ccccc4C3)ccn2)CC1. The third-order valence-corrected chi connectivity index (χ3v) is 6.36. The fraction of sp³-hybridized carbons (Fsp3) is 0.480. The van der Waals surface area contributed by atoms with Crippen LogP contribution in [0.3, 0.4) is 0 Å². The summed E-state index contributed by atoms with van der Waals surface area (Å²) in [7, 11) is 0. The van der Waals surface area contributed by atoms with Gasteiger partial charge in [0.05, 0.1) is 6.10 Å². The smallest absolute Gasteiger partial charge is 0.251 e. The number of nitrogens with zero attached hydrogens (tertiary/aromatic N) is 2. The van der Waals surface area contributed by atoms with E-state index in [1.54, 1.807) is 25.3 Å². The molecule has 1 saturated heterocycles. The van der Waals surface area contributed by atoms with Gasteiger partial charge >= 0.3 is 0 Å². The summed E-state index contributed by atoms with van der Waals surface area (Å²) in [6.07, 6.45) is 4.24. The van der Waals surface area contributed by atoms with Crippen molar-refractivity contribution in [2.24, 2.45) is 0 Å². The Morgan fingerprint density at radius 2 is 1.85 bits per heavy atom. The van der Waals surface area contributed by atoms with Gasteiger partial charge in [0.25, 0.3) is 5.91 Å². The first-order valence-corrected chi connectivity index (χ1v) is 11.6. The lowest BCUT2D eigenvalue weighted by molar-refractivity contribution is -0.130. The molecular formula is C25H32N4O4. The zero-order chi connectivity index (χ0) is 23.2. The molecule has 1 unspecified atom stereocenters. The summed E-state index contributed by atoms with van der Waals surface area (Å²) >= 11 is 0. The first-order valence-electron chi connectivity index (χ1n) is 11.6. The number of likely N-dealkylation sites (tertiary alicyclic amines) is 1. The summed E-state index contributed by atoms with van der Waals surface area (Å²) in [6, 6.07) is 12.0. The quantitative estimate of drug-likeness (QED) is 0.558. The largest absolute Gasteiger partial charge is 0.474 e. The predicted octanol–water partition coefficient (Wildman–Crippen LogP) is 1.32. The van der Waals surface area contributed by atoms with Gasteiger partial charge in [-0.3, -0.25) is 9.59 Å². The lowest BCUT2D eigenvalue weighted by atomic mass is 10.1. The Labute approximate surface area is 194 Å².